The molecule has 0 radical (unpaired) electrons. The van der Waals surface area contributed by atoms with Gasteiger partial charge in [-0.15, -0.1) is 0 Å². The minimum atomic E-state index is -4.41. The molecular weight excluding hydrogens is 341 g/mol. The zero-order valence-corrected chi connectivity index (χ0v) is 13.0. The topological polar surface area (TPSA) is 90.1 Å². The Balaban J connectivity index is 1.75. The fourth-order valence-corrected chi connectivity index (χ4v) is 2.18. The van der Waals surface area contributed by atoms with Gasteiger partial charge in [0.25, 0.3) is 0 Å². The molecule has 1 heterocycles. The van der Waals surface area contributed by atoms with Gasteiger partial charge in [0.05, 0.1) is 18.5 Å². The van der Waals surface area contributed by atoms with Crippen LogP contribution < -0.4 is 5.32 Å². The van der Waals surface area contributed by atoms with Crippen molar-refractivity contribution >= 4 is 11.9 Å². The first-order valence-electron chi connectivity index (χ1n) is 7.36. The quantitative estimate of drug-likeness (QED) is 0.469. The number of carbonyl (C=O) groups excluding carboxylic acids is 1. The molecule has 1 aromatic heterocycles. The van der Waals surface area contributed by atoms with Crippen molar-refractivity contribution in [3.63, 3.8) is 0 Å². The zero-order chi connectivity index (χ0) is 18.4. The number of hydrogen-bond donors (Lipinski definition) is 1. The second-order valence-corrected chi connectivity index (χ2v) is 5.25. The molecule has 1 N–H and O–H groups in total. The third-order valence-corrected chi connectivity index (χ3v) is 3.40. The Bertz CT molecular complexity index is 741. The highest BCUT2D eigenvalue weighted by Crippen LogP contribution is 2.29. The second kappa shape index (κ2) is 7.77. The molecular formula is C15H15F3N4O3. The minimum absolute atomic E-state index is 0.0383. The van der Waals surface area contributed by atoms with E-state index in [0.29, 0.717) is 18.5 Å². The number of hydrogen-bond acceptors (Lipinski definition) is 4. The maximum absolute atomic E-state index is 12.5. The van der Waals surface area contributed by atoms with Crippen molar-refractivity contribution in [2.45, 2.75) is 25.6 Å². The van der Waals surface area contributed by atoms with Gasteiger partial charge in [0, 0.05) is 6.54 Å². The molecule has 0 aliphatic rings. The average molecular weight is 356 g/mol. The van der Waals surface area contributed by atoms with Gasteiger partial charge in [0.2, 0.25) is 5.91 Å². The number of amides is 1. The van der Waals surface area contributed by atoms with E-state index in [1.165, 1.54) is 29.1 Å². The molecule has 1 amide bonds. The summed E-state index contributed by atoms with van der Waals surface area (Å²) in [5.41, 5.74) is -0.297. The van der Waals surface area contributed by atoms with Crippen molar-refractivity contribution in [2.24, 2.45) is 0 Å². The van der Waals surface area contributed by atoms with Crippen LogP contribution in [0.4, 0.5) is 19.1 Å². The fraction of sp³-hybridized carbons (Fsp3) is 0.333. The Kier molecular flexibility index (Phi) is 5.73. The van der Waals surface area contributed by atoms with Crippen LogP contribution in [0.15, 0.2) is 36.7 Å². The Morgan fingerprint density at radius 2 is 1.96 bits per heavy atom. The predicted molar refractivity (Wildman–Crippen MR) is 81.7 cm³/mol. The van der Waals surface area contributed by atoms with E-state index in [1.807, 2.05) is 0 Å². The normalized spacial score (nSPS) is 11.3. The minimum Gasteiger partial charge on any atom is -0.390 e. The second-order valence-electron chi connectivity index (χ2n) is 5.25. The third kappa shape index (κ3) is 5.30. The summed E-state index contributed by atoms with van der Waals surface area (Å²) in [5.74, 6) is -0.601. The van der Waals surface area contributed by atoms with E-state index in [1.54, 1.807) is 0 Å². The lowest BCUT2D eigenvalue weighted by Gasteiger charge is -2.08. The van der Waals surface area contributed by atoms with Crippen molar-refractivity contribution < 1.29 is 22.9 Å². The molecule has 0 bridgehead atoms. The summed E-state index contributed by atoms with van der Waals surface area (Å²) in [4.78, 5) is 25.5. The van der Waals surface area contributed by atoms with E-state index < -0.39 is 16.7 Å². The van der Waals surface area contributed by atoms with Crippen molar-refractivity contribution in [3.05, 3.63) is 57.9 Å². The highest BCUT2D eigenvalue weighted by molar-refractivity contribution is 5.78. The van der Waals surface area contributed by atoms with Gasteiger partial charge in [-0.05, 0) is 29.0 Å². The van der Waals surface area contributed by atoms with Crippen molar-refractivity contribution in [1.82, 2.24) is 14.9 Å². The van der Waals surface area contributed by atoms with E-state index in [2.05, 4.69) is 10.3 Å². The summed E-state index contributed by atoms with van der Waals surface area (Å²) < 4.78 is 38.7. The Labute approximate surface area is 140 Å². The van der Waals surface area contributed by atoms with E-state index in [-0.39, 0.29) is 24.8 Å². The molecule has 25 heavy (non-hydrogen) atoms. The number of imidazole rings is 1. The van der Waals surface area contributed by atoms with Crippen LogP contribution in [0.5, 0.6) is 0 Å². The van der Waals surface area contributed by atoms with Gasteiger partial charge in [-0.3, -0.25) is 4.79 Å². The molecule has 0 aliphatic carbocycles. The maximum atomic E-state index is 12.5. The molecule has 0 unspecified atom stereocenters. The van der Waals surface area contributed by atoms with Crippen LogP contribution >= 0.6 is 0 Å². The molecule has 0 saturated heterocycles. The summed E-state index contributed by atoms with van der Waals surface area (Å²) >= 11 is 0. The molecule has 0 fully saturated rings. The lowest BCUT2D eigenvalue weighted by molar-refractivity contribution is -0.396. The number of alkyl halides is 3. The molecule has 1 aromatic carbocycles. The van der Waals surface area contributed by atoms with Gasteiger partial charge in [-0.25, -0.2) is 4.57 Å². The fourth-order valence-electron chi connectivity index (χ4n) is 2.18. The van der Waals surface area contributed by atoms with Gasteiger partial charge in [0.1, 0.15) is 12.4 Å². The van der Waals surface area contributed by atoms with Crippen LogP contribution in [0.2, 0.25) is 0 Å². The number of aromatic nitrogens is 2. The van der Waals surface area contributed by atoms with E-state index >= 15 is 0 Å². The maximum Gasteiger partial charge on any atom is 0.434 e. The van der Waals surface area contributed by atoms with Crippen LogP contribution in [0.25, 0.3) is 0 Å². The Morgan fingerprint density at radius 1 is 1.28 bits per heavy atom. The summed E-state index contributed by atoms with van der Waals surface area (Å²) in [6, 6.07) is 4.39. The molecule has 2 rings (SSSR count). The molecule has 10 heteroatoms. The molecule has 0 saturated carbocycles. The molecule has 7 nitrogen and oxygen atoms in total. The van der Waals surface area contributed by atoms with E-state index in [4.69, 9.17) is 0 Å². The summed E-state index contributed by atoms with van der Waals surface area (Å²) in [7, 11) is 0. The van der Waals surface area contributed by atoms with E-state index in [9.17, 15) is 28.1 Å². The van der Waals surface area contributed by atoms with Crippen LogP contribution in [-0.4, -0.2) is 26.9 Å². The highest BCUT2D eigenvalue weighted by atomic mass is 19.4. The lowest BCUT2D eigenvalue weighted by Crippen LogP contribution is -2.26. The van der Waals surface area contributed by atoms with Crippen molar-refractivity contribution in [2.75, 3.05) is 6.54 Å². The van der Waals surface area contributed by atoms with Crippen LogP contribution in [0, 0.1) is 10.1 Å². The van der Waals surface area contributed by atoms with Gasteiger partial charge in [-0.2, -0.15) is 13.2 Å². The number of benzene rings is 1. The first kappa shape index (κ1) is 18.4. The summed E-state index contributed by atoms with van der Waals surface area (Å²) in [6.45, 7) is 0.603. The predicted octanol–water partition coefficient (Wildman–Crippen LogP) is 2.56. The number of nitrogens with one attached hydrogen (secondary N) is 1. The number of nitro groups is 1. The third-order valence-electron chi connectivity index (χ3n) is 3.40. The van der Waals surface area contributed by atoms with E-state index in [0.717, 1.165) is 12.1 Å². The Hall–Kier alpha value is -2.91. The van der Waals surface area contributed by atoms with Crippen molar-refractivity contribution in [1.29, 1.82) is 0 Å². The van der Waals surface area contributed by atoms with Crippen LogP contribution in [0.3, 0.4) is 0 Å². The highest BCUT2D eigenvalue weighted by Gasteiger charge is 2.29. The molecule has 0 spiro atoms. The summed E-state index contributed by atoms with van der Waals surface area (Å²) in [6.07, 6.45) is -1.19. The molecule has 2 aromatic rings. The standard InChI is InChI=1S/C15H15F3N4O3/c16-15(17,18)12-4-2-11(3-5-12)10-13(23)19-6-1-8-21-9-7-20-14(21)22(24)25/h2-5,7,9H,1,6,8,10H2,(H,19,23). The smallest absolute Gasteiger partial charge is 0.390 e. The average Bonchev–Trinajstić information content (AvgIpc) is 3.00. The zero-order valence-electron chi connectivity index (χ0n) is 13.0. The molecule has 0 atom stereocenters. The number of carbonyl (C=O) groups is 1. The number of nitrogens with zero attached hydrogens (tertiary/aromatic N) is 3. The van der Waals surface area contributed by atoms with Crippen molar-refractivity contribution in [3.8, 4) is 0 Å². The first-order chi connectivity index (χ1) is 11.8. The van der Waals surface area contributed by atoms with Gasteiger partial charge in [0.15, 0.2) is 0 Å². The van der Waals surface area contributed by atoms with Gasteiger partial charge >= 0.3 is 12.1 Å². The van der Waals surface area contributed by atoms with Crippen LogP contribution in [-0.2, 0) is 23.9 Å². The molecule has 134 valence electrons. The lowest BCUT2D eigenvalue weighted by atomic mass is 10.1. The van der Waals surface area contributed by atoms with Gasteiger partial charge in [-0.1, -0.05) is 17.1 Å². The van der Waals surface area contributed by atoms with Crippen LogP contribution in [0.1, 0.15) is 17.5 Å². The monoisotopic (exact) mass is 356 g/mol. The largest absolute Gasteiger partial charge is 0.434 e. The Morgan fingerprint density at radius 3 is 2.56 bits per heavy atom. The first-order valence-corrected chi connectivity index (χ1v) is 7.36. The number of halogens is 3. The SMILES string of the molecule is O=C(Cc1ccc(C(F)(F)F)cc1)NCCCn1ccnc1[N+](=O)[O-]. The number of aryl methyl sites for hydroxylation is 1. The number of rotatable bonds is 7. The van der Waals surface area contributed by atoms with Gasteiger partial charge < -0.3 is 15.4 Å². The molecule has 0 aliphatic heterocycles. The summed E-state index contributed by atoms with van der Waals surface area (Å²) in [5, 5.41) is 13.3.